The van der Waals surface area contributed by atoms with Gasteiger partial charge in [0.2, 0.25) is 5.95 Å². The fraction of sp³-hybridized carbons (Fsp3) is 0.304. The lowest BCUT2D eigenvalue weighted by Crippen LogP contribution is -2.30. The summed E-state index contributed by atoms with van der Waals surface area (Å²) in [4.78, 5) is 8.94. The smallest absolute Gasteiger partial charge is 0.406 e. The molecule has 0 aliphatic rings. The van der Waals surface area contributed by atoms with Crippen LogP contribution >= 0.6 is 15.9 Å². The van der Waals surface area contributed by atoms with Crippen molar-refractivity contribution < 1.29 is 23.0 Å². The highest BCUT2D eigenvalue weighted by molar-refractivity contribution is 9.10. The van der Waals surface area contributed by atoms with Crippen LogP contribution in [0.25, 0.3) is 11.3 Å². The number of ether oxygens (including phenoxy) is 1. The summed E-state index contributed by atoms with van der Waals surface area (Å²) in [6.45, 7) is 4.24. The van der Waals surface area contributed by atoms with Gasteiger partial charge in [0, 0.05) is 22.6 Å². The van der Waals surface area contributed by atoms with Crippen molar-refractivity contribution in [2.45, 2.75) is 32.8 Å². The van der Waals surface area contributed by atoms with Gasteiger partial charge in [-0.1, -0.05) is 54.0 Å². The summed E-state index contributed by atoms with van der Waals surface area (Å²) in [6.07, 6.45) is -4.79. The van der Waals surface area contributed by atoms with Crippen LogP contribution in [0.4, 0.5) is 24.9 Å². The standard InChI is InChI=1S/C23H24BrF3N4O2/c1-14(2)20(13-32)30-22-29-19(16-6-4-8-18(10-16)33-23(25,26)27)11-21(31-22)28-12-15-5-3-7-17(24)9-15/h3-11,14,20,32H,12-13H2,1-2H3,(H2,28,29,30,31)/t20-/m1/s1. The van der Waals surface area contributed by atoms with Crippen LogP contribution in [-0.2, 0) is 6.54 Å². The molecule has 1 heterocycles. The number of nitrogens with zero attached hydrogens (tertiary/aromatic N) is 2. The number of aliphatic hydroxyl groups is 1. The van der Waals surface area contributed by atoms with Gasteiger partial charge < -0.3 is 20.5 Å². The molecule has 1 aromatic heterocycles. The Kier molecular flexibility index (Phi) is 8.15. The summed E-state index contributed by atoms with van der Waals surface area (Å²) in [5.74, 6) is 0.486. The Morgan fingerprint density at radius 1 is 1.06 bits per heavy atom. The third kappa shape index (κ3) is 7.61. The van der Waals surface area contributed by atoms with Crippen LogP contribution < -0.4 is 15.4 Å². The molecule has 10 heteroatoms. The molecular weight excluding hydrogens is 501 g/mol. The minimum Gasteiger partial charge on any atom is -0.406 e. The van der Waals surface area contributed by atoms with Crippen LogP contribution in [0, 0.1) is 5.92 Å². The number of rotatable bonds is 9. The van der Waals surface area contributed by atoms with Crippen molar-refractivity contribution >= 4 is 27.7 Å². The second-order valence-electron chi connectivity index (χ2n) is 7.70. The van der Waals surface area contributed by atoms with E-state index in [1.54, 1.807) is 12.1 Å². The quantitative estimate of drug-likeness (QED) is 0.326. The molecule has 0 radical (unpaired) electrons. The maximum Gasteiger partial charge on any atom is 0.573 e. The molecule has 0 spiro atoms. The molecule has 0 bridgehead atoms. The number of anilines is 2. The van der Waals surface area contributed by atoms with E-state index in [2.05, 4.69) is 41.3 Å². The van der Waals surface area contributed by atoms with Crippen molar-refractivity contribution in [2.24, 2.45) is 5.92 Å². The van der Waals surface area contributed by atoms with Gasteiger partial charge in [-0.05, 0) is 35.7 Å². The van der Waals surface area contributed by atoms with E-state index >= 15 is 0 Å². The van der Waals surface area contributed by atoms with Crippen molar-refractivity contribution in [3.05, 3.63) is 64.6 Å². The molecule has 3 aromatic rings. The molecule has 3 rings (SSSR count). The Bertz CT molecular complexity index is 1080. The first-order chi connectivity index (χ1) is 15.6. The zero-order valence-electron chi connectivity index (χ0n) is 18.0. The highest BCUT2D eigenvalue weighted by atomic mass is 79.9. The van der Waals surface area contributed by atoms with Crippen molar-refractivity contribution in [1.82, 2.24) is 9.97 Å². The van der Waals surface area contributed by atoms with Crippen molar-refractivity contribution in [2.75, 3.05) is 17.2 Å². The maximum absolute atomic E-state index is 12.7. The van der Waals surface area contributed by atoms with Crippen LogP contribution in [0.2, 0.25) is 0 Å². The maximum atomic E-state index is 12.7. The molecule has 0 aliphatic heterocycles. The third-order valence-corrected chi connectivity index (χ3v) is 5.26. The van der Waals surface area contributed by atoms with Gasteiger partial charge in [-0.2, -0.15) is 4.98 Å². The van der Waals surface area contributed by atoms with Gasteiger partial charge in [-0.15, -0.1) is 13.2 Å². The predicted octanol–water partition coefficient (Wildman–Crippen LogP) is 5.85. The average molecular weight is 525 g/mol. The van der Waals surface area contributed by atoms with Crippen LogP contribution in [0.1, 0.15) is 19.4 Å². The van der Waals surface area contributed by atoms with Gasteiger partial charge in [0.25, 0.3) is 0 Å². The number of benzene rings is 2. The lowest BCUT2D eigenvalue weighted by Gasteiger charge is -2.21. The first kappa shape index (κ1) is 24.8. The van der Waals surface area contributed by atoms with E-state index in [4.69, 9.17) is 0 Å². The third-order valence-electron chi connectivity index (χ3n) is 4.77. The molecule has 33 heavy (non-hydrogen) atoms. The molecule has 176 valence electrons. The highest BCUT2D eigenvalue weighted by Crippen LogP contribution is 2.29. The average Bonchev–Trinajstić information content (AvgIpc) is 2.75. The topological polar surface area (TPSA) is 79.3 Å². The lowest BCUT2D eigenvalue weighted by molar-refractivity contribution is -0.274. The molecule has 3 N–H and O–H groups in total. The van der Waals surface area contributed by atoms with Crippen LogP contribution in [0.5, 0.6) is 5.75 Å². The zero-order valence-corrected chi connectivity index (χ0v) is 19.6. The Balaban J connectivity index is 1.93. The Morgan fingerprint density at radius 3 is 2.48 bits per heavy atom. The molecule has 0 saturated carbocycles. The summed E-state index contributed by atoms with van der Waals surface area (Å²) < 4.78 is 43.0. The first-order valence-electron chi connectivity index (χ1n) is 10.2. The molecule has 1 atom stereocenters. The molecule has 0 fully saturated rings. The van der Waals surface area contributed by atoms with E-state index in [0.29, 0.717) is 23.6 Å². The molecule has 0 amide bonds. The van der Waals surface area contributed by atoms with Gasteiger partial charge in [0.1, 0.15) is 11.6 Å². The summed E-state index contributed by atoms with van der Waals surface area (Å²) in [6, 6.07) is 14.7. The number of hydrogen-bond donors (Lipinski definition) is 3. The SMILES string of the molecule is CC(C)[C@@H](CO)Nc1nc(NCc2cccc(Br)c2)cc(-c2cccc(OC(F)(F)F)c2)n1. The van der Waals surface area contributed by atoms with E-state index in [1.807, 2.05) is 38.1 Å². The van der Waals surface area contributed by atoms with Crippen LogP contribution in [0.3, 0.4) is 0 Å². The number of aromatic nitrogens is 2. The summed E-state index contributed by atoms with van der Waals surface area (Å²) in [5, 5.41) is 16.0. The van der Waals surface area contributed by atoms with Gasteiger partial charge in [0.05, 0.1) is 18.3 Å². The Hall–Kier alpha value is -2.85. The van der Waals surface area contributed by atoms with Crippen molar-refractivity contribution in [3.63, 3.8) is 0 Å². The fourth-order valence-electron chi connectivity index (χ4n) is 3.03. The van der Waals surface area contributed by atoms with Crippen LogP contribution in [-0.4, -0.2) is 34.1 Å². The molecule has 6 nitrogen and oxygen atoms in total. The lowest BCUT2D eigenvalue weighted by atomic mass is 10.1. The molecule has 0 saturated heterocycles. The van der Waals surface area contributed by atoms with Gasteiger partial charge >= 0.3 is 6.36 Å². The monoisotopic (exact) mass is 524 g/mol. The summed E-state index contributed by atoms with van der Waals surface area (Å²) in [5.41, 5.74) is 1.84. The van der Waals surface area contributed by atoms with E-state index in [1.165, 1.54) is 18.2 Å². The van der Waals surface area contributed by atoms with Crippen LogP contribution in [0.15, 0.2) is 59.1 Å². The second-order valence-corrected chi connectivity index (χ2v) is 8.61. The summed E-state index contributed by atoms with van der Waals surface area (Å²) >= 11 is 3.44. The fourth-order valence-corrected chi connectivity index (χ4v) is 3.48. The Morgan fingerprint density at radius 2 is 1.82 bits per heavy atom. The Labute approximate surface area is 198 Å². The number of nitrogens with one attached hydrogen (secondary N) is 2. The number of hydrogen-bond acceptors (Lipinski definition) is 6. The zero-order chi connectivity index (χ0) is 24.0. The predicted molar refractivity (Wildman–Crippen MR) is 125 cm³/mol. The van der Waals surface area contributed by atoms with Crippen molar-refractivity contribution in [1.29, 1.82) is 0 Å². The molecular formula is C23H24BrF3N4O2. The number of alkyl halides is 3. The number of halogens is 4. The van der Waals surface area contributed by atoms with Gasteiger partial charge in [-0.3, -0.25) is 0 Å². The van der Waals surface area contributed by atoms with E-state index in [-0.39, 0.29) is 30.3 Å². The van der Waals surface area contributed by atoms with E-state index in [9.17, 15) is 18.3 Å². The molecule has 0 aliphatic carbocycles. The normalized spacial score (nSPS) is 12.5. The molecule has 2 aromatic carbocycles. The largest absolute Gasteiger partial charge is 0.573 e. The minimum atomic E-state index is -4.79. The van der Waals surface area contributed by atoms with Gasteiger partial charge in [0.15, 0.2) is 0 Å². The first-order valence-corrected chi connectivity index (χ1v) is 11.0. The molecule has 0 unspecified atom stereocenters. The highest BCUT2D eigenvalue weighted by Gasteiger charge is 2.31. The summed E-state index contributed by atoms with van der Waals surface area (Å²) in [7, 11) is 0. The van der Waals surface area contributed by atoms with E-state index in [0.717, 1.165) is 10.0 Å². The van der Waals surface area contributed by atoms with E-state index < -0.39 is 6.36 Å². The van der Waals surface area contributed by atoms with Gasteiger partial charge in [-0.25, -0.2) is 4.98 Å². The minimum absolute atomic E-state index is 0.101. The van der Waals surface area contributed by atoms with Crippen molar-refractivity contribution in [3.8, 4) is 17.0 Å². The number of aliphatic hydroxyl groups excluding tert-OH is 1. The second kappa shape index (κ2) is 10.8.